The second-order valence-electron chi connectivity index (χ2n) is 9.83. The van der Waals surface area contributed by atoms with Crippen LogP contribution in [0.4, 0.5) is 5.69 Å². The fraction of sp³-hybridized carbons (Fsp3) is 0.286. The fourth-order valence-corrected chi connectivity index (χ4v) is 5.64. The van der Waals surface area contributed by atoms with Gasteiger partial charge < -0.3 is 10.2 Å². The van der Waals surface area contributed by atoms with Crippen LogP contribution in [0.15, 0.2) is 83.8 Å². The van der Waals surface area contributed by atoms with E-state index in [-0.39, 0.29) is 17.3 Å². The molecule has 0 fully saturated rings. The van der Waals surface area contributed by atoms with E-state index in [4.69, 9.17) is 23.2 Å². The molecule has 38 heavy (non-hydrogen) atoms. The second kappa shape index (κ2) is 12.2. The van der Waals surface area contributed by atoms with Crippen LogP contribution in [-0.4, -0.2) is 43.3 Å². The van der Waals surface area contributed by atoms with E-state index < -0.39 is 34.1 Å². The van der Waals surface area contributed by atoms with Gasteiger partial charge in [-0.05, 0) is 69.7 Å². The predicted octanol–water partition coefficient (Wildman–Crippen LogP) is 5.52. The molecule has 0 radical (unpaired) electrons. The van der Waals surface area contributed by atoms with Gasteiger partial charge in [-0.3, -0.25) is 13.9 Å². The van der Waals surface area contributed by atoms with Crippen LogP contribution in [0, 0.1) is 0 Å². The van der Waals surface area contributed by atoms with Gasteiger partial charge in [0.1, 0.15) is 12.6 Å². The lowest BCUT2D eigenvalue weighted by molar-refractivity contribution is -0.140. The van der Waals surface area contributed by atoms with Gasteiger partial charge in [-0.15, -0.1) is 0 Å². The number of rotatable bonds is 9. The molecule has 3 aromatic carbocycles. The van der Waals surface area contributed by atoms with Crippen LogP contribution >= 0.6 is 23.2 Å². The van der Waals surface area contributed by atoms with E-state index in [1.807, 2.05) is 20.8 Å². The molecule has 0 aliphatic heterocycles. The van der Waals surface area contributed by atoms with Crippen LogP contribution in [0.5, 0.6) is 0 Å². The first-order valence-corrected chi connectivity index (χ1v) is 14.2. The van der Waals surface area contributed by atoms with E-state index >= 15 is 0 Å². The molecule has 202 valence electrons. The molecule has 1 N–H and O–H groups in total. The molecule has 0 spiro atoms. The summed E-state index contributed by atoms with van der Waals surface area (Å²) in [6.45, 7) is 6.55. The predicted molar refractivity (Wildman–Crippen MR) is 152 cm³/mol. The summed E-state index contributed by atoms with van der Waals surface area (Å²) in [7, 11) is -4.10. The Morgan fingerprint density at radius 2 is 1.50 bits per heavy atom. The number of benzene rings is 3. The average Bonchev–Trinajstić information content (AvgIpc) is 2.86. The highest BCUT2D eigenvalue weighted by Crippen LogP contribution is 2.26. The van der Waals surface area contributed by atoms with Crippen molar-refractivity contribution < 1.29 is 18.0 Å². The molecule has 3 aromatic rings. The number of hydrogen-bond donors (Lipinski definition) is 1. The van der Waals surface area contributed by atoms with Gasteiger partial charge in [0.2, 0.25) is 11.8 Å². The largest absolute Gasteiger partial charge is 0.350 e. The van der Waals surface area contributed by atoms with Gasteiger partial charge in [0.25, 0.3) is 10.0 Å². The maximum absolute atomic E-state index is 13.9. The van der Waals surface area contributed by atoms with Crippen LogP contribution in [0.1, 0.15) is 33.3 Å². The van der Waals surface area contributed by atoms with Crippen molar-refractivity contribution >= 4 is 50.7 Å². The van der Waals surface area contributed by atoms with E-state index in [0.717, 1.165) is 4.31 Å². The SMILES string of the molecule is CC(C(=O)NC(C)(C)C)N(Cc1ccc(Cl)cc1Cl)C(=O)CN(c1ccccc1)S(=O)(=O)c1ccccc1. The Kier molecular flexibility index (Phi) is 9.46. The third-order valence-corrected chi connectivity index (χ3v) is 8.05. The van der Waals surface area contributed by atoms with Gasteiger partial charge in [-0.25, -0.2) is 8.42 Å². The van der Waals surface area contributed by atoms with Crippen molar-refractivity contribution in [3.63, 3.8) is 0 Å². The molecule has 2 amide bonds. The van der Waals surface area contributed by atoms with E-state index in [1.54, 1.807) is 73.7 Å². The van der Waals surface area contributed by atoms with E-state index in [0.29, 0.717) is 21.3 Å². The van der Waals surface area contributed by atoms with Gasteiger partial charge >= 0.3 is 0 Å². The topological polar surface area (TPSA) is 86.8 Å². The van der Waals surface area contributed by atoms with E-state index in [2.05, 4.69) is 5.32 Å². The molecular formula is C28H31Cl2N3O4S. The molecule has 0 bridgehead atoms. The molecule has 0 aromatic heterocycles. The number of sulfonamides is 1. The zero-order valence-corrected chi connectivity index (χ0v) is 24.0. The van der Waals surface area contributed by atoms with Gasteiger partial charge in [-0.2, -0.15) is 0 Å². The Hall–Kier alpha value is -3.07. The van der Waals surface area contributed by atoms with Gasteiger partial charge in [0.15, 0.2) is 0 Å². The minimum atomic E-state index is -4.10. The lowest BCUT2D eigenvalue weighted by atomic mass is 10.1. The van der Waals surface area contributed by atoms with Crippen molar-refractivity contribution in [2.75, 3.05) is 10.8 Å². The van der Waals surface area contributed by atoms with Gasteiger partial charge in [0, 0.05) is 22.1 Å². The average molecular weight is 577 g/mol. The molecule has 0 heterocycles. The molecule has 1 atom stereocenters. The third-order valence-electron chi connectivity index (χ3n) is 5.68. The summed E-state index contributed by atoms with van der Waals surface area (Å²) >= 11 is 12.4. The first-order valence-electron chi connectivity index (χ1n) is 12.0. The number of hydrogen-bond acceptors (Lipinski definition) is 4. The highest BCUT2D eigenvalue weighted by Gasteiger charge is 2.33. The first-order chi connectivity index (χ1) is 17.8. The molecule has 0 saturated heterocycles. The van der Waals surface area contributed by atoms with Crippen LogP contribution in [-0.2, 0) is 26.2 Å². The summed E-state index contributed by atoms with van der Waals surface area (Å²) in [5, 5.41) is 3.65. The molecule has 0 aliphatic carbocycles. The van der Waals surface area contributed by atoms with Crippen molar-refractivity contribution in [3.8, 4) is 0 Å². The summed E-state index contributed by atoms with van der Waals surface area (Å²) in [4.78, 5) is 28.4. The van der Waals surface area contributed by atoms with Crippen LogP contribution in [0.2, 0.25) is 10.0 Å². The fourth-order valence-electron chi connectivity index (χ4n) is 3.73. The van der Waals surface area contributed by atoms with Crippen molar-refractivity contribution in [1.82, 2.24) is 10.2 Å². The number of nitrogens with zero attached hydrogens (tertiary/aromatic N) is 2. The Morgan fingerprint density at radius 1 is 0.921 bits per heavy atom. The maximum Gasteiger partial charge on any atom is 0.264 e. The first kappa shape index (κ1) is 29.5. The van der Waals surface area contributed by atoms with Crippen molar-refractivity contribution in [3.05, 3.63) is 94.5 Å². The molecule has 3 rings (SSSR count). The van der Waals surface area contributed by atoms with Gasteiger partial charge in [-0.1, -0.05) is 65.7 Å². The van der Waals surface area contributed by atoms with Crippen LogP contribution in [0.3, 0.4) is 0 Å². The number of nitrogens with one attached hydrogen (secondary N) is 1. The Balaban J connectivity index is 2.02. The van der Waals surface area contributed by atoms with E-state index in [9.17, 15) is 18.0 Å². The quantitative estimate of drug-likeness (QED) is 0.364. The number of halogens is 2. The molecule has 0 saturated carbocycles. The number of anilines is 1. The molecule has 1 unspecified atom stereocenters. The summed E-state index contributed by atoms with van der Waals surface area (Å²) < 4.78 is 28.4. The van der Waals surface area contributed by atoms with Crippen molar-refractivity contribution in [1.29, 1.82) is 0 Å². The Morgan fingerprint density at radius 3 is 2.05 bits per heavy atom. The molecule has 10 heteroatoms. The van der Waals surface area contributed by atoms with Crippen LogP contribution < -0.4 is 9.62 Å². The van der Waals surface area contributed by atoms with Crippen LogP contribution in [0.25, 0.3) is 0 Å². The van der Waals surface area contributed by atoms with Gasteiger partial charge in [0.05, 0.1) is 10.6 Å². The molecular weight excluding hydrogens is 545 g/mol. The van der Waals surface area contributed by atoms with E-state index in [1.165, 1.54) is 17.0 Å². The number of carbonyl (C=O) groups excluding carboxylic acids is 2. The normalized spacial score (nSPS) is 12.5. The monoisotopic (exact) mass is 575 g/mol. The number of para-hydroxylation sites is 1. The third kappa shape index (κ3) is 7.49. The second-order valence-corrected chi connectivity index (χ2v) is 12.5. The minimum Gasteiger partial charge on any atom is -0.350 e. The highest BCUT2D eigenvalue weighted by molar-refractivity contribution is 7.92. The van der Waals surface area contributed by atoms with Crippen molar-refractivity contribution in [2.24, 2.45) is 0 Å². The summed E-state index contributed by atoms with van der Waals surface area (Å²) in [6, 6.07) is 20.2. The number of carbonyl (C=O) groups is 2. The summed E-state index contributed by atoms with van der Waals surface area (Å²) in [5.74, 6) is -0.955. The Bertz CT molecular complexity index is 1380. The smallest absolute Gasteiger partial charge is 0.264 e. The highest BCUT2D eigenvalue weighted by atomic mass is 35.5. The summed E-state index contributed by atoms with van der Waals surface area (Å²) in [6.07, 6.45) is 0. The minimum absolute atomic E-state index is 0.0262. The molecule has 7 nitrogen and oxygen atoms in total. The standard InChI is InChI=1S/C28H31Cl2N3O4S/c1-20(27(35)31-28(2,3)4)32(18-21-15-16-22(29)17-25(21)30)26(34)19-33(23-11-7-5-8-12-23)38(36,37)24-13-9-6-10-14-24/h5-17,20H,18-19H2,1-4H3,(H,31,35). The Labute approximate surface area is 234 Å². The zero-order valence-electron chi connectivity index (χ0n) is 21.7. The maximum atomic E-state index is 13.9. The summed E-state index contributed by atoms with van der Waals surface area (Å²) in [5.41, 5.74) is 0.350. The number of amides is 2. The lowest BCUT2D eigenvalue weighted by Gasteiger charge is -2.33. The molecule has 0 aliphatic rings. The lowest BCUT2D eigenvalue weighted by Crippen LogP contribution is -2.54. The van der Waals surface area contributed by atoms with Crippen molar-refractivity contribution in [2.45, 2.75) is 50.7 Å². The zero-order chi connectivity index (χ0) is 28.1.